The van der Waals surface area contributed by atoms with Crippen LogP contribution in [-0.4, -0.2) is 36.1 Å². The van der Waals surface area contributed by atoms with Gasteiger partial charge in [0.25, 0.3) is 0 Å². The van der Waals surface area contributed by atoms with E-state index in [0.717, 1.165) is 18.5 Å². The number of carbonyl (C=O) groups is 1. The summed E-state index contributed by atoms with van der Waals surface area (Å²) in [4.78, 5) is 13.6. The summed E-state index contributed by atoms with van der Waals surface area (Å²) in [5, 5.41) is 12.1. The van der Waals surface area contributed by atoms with Crippen LogP contribution >= 0.6 is 0 Å². The highest BCUT2D eigenvalue weighted by Gasteiger charge is 2.17. The van der Waals surface area contributed by atoms with Crippen molar-refractivity contribution in [1.29, 1.82) is 0 Å². The maximum Gasteiger partial charge on any atom is 0.233 e. The number of aromatic hydroxyl groups is 1. The lowest BCUT2D eigenvalue weighted by molar-refractivity contribution is -0.122. The van der Waals surface area contributed by atoms with E-state index in [2.05, 4.69) is 17.1 Å². The van der Waals surface area contributed by atoms with Gasteiger partial charge < -0.3 is 10.4 Å². The Kier molecular flexibility index (Phi) is 5.65. The fourth-order valence-electron chi connectivity index (χ4n) is 1.96. The molecule has 0 saturated heterocycles. The van der Waals surface area contributed by atoms with E-state index in [1.165, 1.54) is 0 Å². The quantitative estimate of drug-likeness (QED) is 0.811. The van der Waals surface area contributed by atoms with Crippen molar-refractivity contribution in [2.45, 2.75) is 26.3 Å². The molecule has 4 nitrogen and oxygen atoms in total. The average molecular weight is 250 g/mol. The summed E-state index contributed by atoms with van der Waals surface area (Å²) in [5.41, 5.74) is 1.02. The lowest BCUT2D eigenvalue weighted by Crippen LogP contribution is -2.37. The molecule has 0 heterocycles. The molecular weight excluding hydrogens is 228 g/mol. The molecule has 0 aromatic heterocycles. The van der Waals surface area contributed by atoms with Crippen LogP contribution in [0, 0.1) is 0 Å². The standard InChI is InChI=1S/C14H22N2O2/c1-4-8-16(10-14(18)15-3)11(2)12-6-5-7-13(17)9-12/h5-7,9,11,17H,4,8,10H2,1-3H3,(H,15,18). The molecule has 0 aliphatic rings. The van der Waals surface area contributed by atoms with Gasteiger partial charge in [-0.15, -0.1) is 0 Å². The van der Waals surface area contributed by atoms with Gasteiger partial charge in [0, 0.05) is 13.1 Å². The Bertz CT molecular complexity index is 393. The van der Waals surface area contributed by atoms with E-state index in [9.17, 15) is 9.90 Å². The molecule has 1 aromatic carbocycles. The first-order valence-electron chi connectivity index (χ1n) is 6.32. The van der Waals surface area contributed by atoms with Gasteiger partial charge in [0.15, 0.2) is 0 Å². The third-order valence-corrected chi connectivity index (χ3v) is 3.04. The van der Waals surface area contributed by atoms with Crippen LogP contribution in [0.4, 0.5) is 0 Å². The predicted molar refractivity (Wildman–Crippen MR) is 72.5 cm³/mol. The first-order chi connectivity index (χ1) is 8.58. The Morgan fingerprint density at radius 3 is 2.78 bits per heavy atom. The Morgan fingerprint density at radius 1 is 1.50 bits per heavy atom. The van der Waals surface area contributed by atoms with Crippen LogP contribution in [0.5, 0.6) is 5.75 Å². The number of amides is 1. The van der Waals surface area contributed by atoms with Gasteiger partial charge >= 0.3 is 0 Å². The van der Waals surface area contributed by atoms with Crippen LogP contribution in [0.25, 0.3) is 0 Å². The van der Waals surface area contributed by atoms with Gasteiger partial charge in [0.05, 0.1) is 6.54 Å². The summed E-state index contributed by atoms with van der Waals surface area (Å²) < 4.78 is 0. The van der Waals surface area contributed by atoms with Crippen LogP contribution < -0.4 is 5.32 Å². The number of hydrogen-bond acceptors (Lipinski definition) is 3. The molecule has 18 heavy (non-hydrogen) atoms. The van der Waals surface area contributed by atoms with E-state index >= 15 is 0 Å². The molecule has 2 N–H and O–H groups in total. The number of phenolic OH excluding ortho intramolecular Hbond substituents is 1. The molecule has 0 radical (unpaired) electrons. The highest BCUT2D eigenvalue weighted by Crippen LogP contribution is 2.23. The first kappa shape index (κ1) is 14.5. The number of rotatable bonds is 6. The topological polar surface area (TPSA) is 52.6 Å². The highest BCUT2D eigenvalue weighted by molar-refractivity contribution is 5.77. The van der Waals surface area contributed by atoms with Crippen molar-refractivity contribution in [2.75, 3.05) is 20.1 Å². The van der Waals surface area contributed by atoms with Crippen molar-refractivity contribution in [2.24, 2.45) is 0 Å². The fraction of sp³-hybridized carbons (Fsp3) is 0.500. The average Bonchev–Trinajstić information content (AvgIpc) is 2.37. The number of hydrogen-bond donors (Lipinski definition) is 2. The molecule has 0 aliphatic carbocycles. The molecule has 1 amide bonds. The second-order valence-corrected chi connectivity index (χ2v) is 4.41. The monoisotopic (exact) mass is 250 g/mol. The fourth-order valence-corrected chi connectivity index (χ4v) is 1.96. The maximum atomic E-state index is 11.5. The van der Waals surface area contributed by atoms with Gasteiger partial charge in [-0.2, -0.15) is 0 Å². The summed E-state index contributed by atoms with van der Waals surface area (Å²) in [6.07, 6.45) is 0.986. The molecule has 0 aliphatic heterocycles. The number of benzene rings is 1. The Labute approximate surface area is 109 Å². The van der Waals surface area contributed by atoms with Crippen LogP contribution in [0.15, 0.2) is 24.3 Å². The summed E-state index contributed by atoms with van der Waals surface area (Å²) in [7, 11) is 1.64. The minimum Gasteiger partial charge on any atom is -0.508 e. The van der Waals surface area contributed by atoms with Crippen molar-refractivity contribution in [1.82, 2.24) is 10.2 Å². The lowest BCUT2D eigenvalue weighted by atomic mass is 10.1. The van der Waals surface area contributed by atoms with E-state index < -0.39 is 0 Å². The Balaban J connectivity index is 2.81. The minimum absolute atomic E-state index is 0.00968. The summed E-state index contributed by atoms with van der Waals surface area (Å²) >= 11 is 0. The minimum atomic E-state index is 0.00968. The molecule has 0 fully saturated rings. The van der Waals surface area contributed by atoms with E-state index in [4.69, 9.17) is 0 Å². The molecule has 1 unspecified atom stereocenters. The lowest BCUT2D eigenvalue weighted by Gasteiger charge is -2.28. The van der Waals surface area contributed by atoms with Gasteiger partial charge in [0.1, 0.15) is 5.75 Å². The number of nitrogens with zero attached hydrogens (tertiary/aromatic N) is 1. The van der Waals surface area contributed by atoms with Crippen LogP contribution in [0.2, 0.25) is 0 Å². The second-order valence-electron chi connectivity index (χ2n) is 4.41. The summed E-state index contributed by atoms with van der Waals surface area (Å²) in [5.74, 6) is 0.270. The van der Waals surface area contributed by atoms with E-state index in [1.807, 2.05) is 19.1 Å². The van der Waals surface area contributed by atoms with Crippen molar-refractivity contribution in [3.05, 3.63) is 29.8 Å². The van der Waals surface area contributed by atoms with Crippen LogP contribution in [0.1, 0.15) is 31.9 Å². The number of phenols is 1. The maximum absolute atomic E-state index is 11.5. The van der Waals surface area contributed by atoms with E-state index in [0.29, 0.717) is 6.54 Å². The van der Waals surface area contributed by atoms with Gasteiger partial charge in [-0.25, -0.2) is 0 Å². The largest absolute Gasteiger partial charge is 0.508 e. The number of likely N-dealkylation sites (N-methyl/N-ethyl adjacent to an activating group) is 1. The Hall–Kier alpha value is -1.55. The smallest absolute Gasteiger partial charge is 0.233 e. The Morgan fingerprint density at radius 2 is 2.22 bits per heavy atom. The molecule has 100 valence electrons. The third-order valence-electron chi connectivity index (χ3n) is 3.04. The van der Waals surface area contributed by atoms with Crippen LogP contribution in [0.3, 0.4) is 0 Å². The predicted octanol–water partition coefficient (Wildman–Crippen LogP) is 1.91. The third kappa shape index (κ3) is 4.04. The van der Waals surface area contributed by atoms with Crippen molar-refractivity contribution in [3.63, 3.8) is 0 Å². The zero-order chi connectivity index (χ0) is 13.5. The molecular formula is C14H22N2O2. The molecule has 0 spiro atoms. The van der Waals surface area contributed by atoms with Crippen molar-refractivity contribution < 1.29 is 9.90 Å². The first-order valence-corrected chi connectivity index (χ1v) is 6.32. The zero-order valence-corrected chi connectivity index (χ0v) is 11.3. The van der Waals surface area contributed by atoms with Gasteiger partial charge in [0.2, 0.25) is 5.91 Å². The molecule has 0 bridgehead atoms. The highest BCUT2D eigenvalue weighted by atomic mass is 16.3. The molecule has 4 heteroatoms. The summed E-state index contributed by atoms with van der Waals surface area (Å²) in [6.45, 7) is 5.37. The zero-order valence-electron chi connectivity index (χ0n) is 11.3. The number of carbonyl (C=O) groups excluding carboxylic acids is 1. The summed E-state index contributed by atoms with van der Waals surface area (Å²) in [6, 6.07) is 7.30. The normalized spacial score (nSPS) is 12.4. The number of nitrogens with one attached hydrogen (secondary N) is 1. The second kappa shape index (κ2) is 7.01. The van der Waals surface area contributed by atoms with E-state index in [-0.39, 0.29) is 17.7 Å². The van der Waals surface area contributed by atoms with Crippen LogP contribution in [-0.2, 0) is 4.79 Å². The molecule has 0 saturated carbocycles. The molecule has 1 aromatic rings. The molecule has 1 rings (SSSR count). The molecule has 1 atom stereocenters. The van der Waals surface area contributed by atoms with Gasteiger partial charge in [-0.3, -0.25) is 9.69 Å². The SMILES string of the molecule is CCCN(CC(=O)NC)C(C)c1cccc(O)c1. The van der Waals surface area contributed by atoms with Crippen molar-refractivity contribution in [3.8, 4) is 5.75 Å². The van der Waals surface area contributed by atoms with Gasteiger partial charge in [-0.05, 0) is 37.6 Å². The van der Waals surface area contributed by atoms with E-state index in [1.54, 1.807) is 19.2 Å². The van der Waals surface area contributed by atoms with Gasteiger partial charge in [-0.1, -0.05) is 19.1 Å². The van der Waals surface area contributed by atoms with Crippen molar-refractivity contribution >= 4 is 5.91 Å².